The van der Waals surface area contributed by atoms with E-state index in [1.165, 1.54) is 30.3 Å². The molecule has 0 radical (unpaired) electrons. The Kier molecular flexibility index (Phi) is 9.82. The van der Waals surface area contributed by atoms with Crippen LogP contribution in [0.5, 0.6) is 0 Å². The van der Waals surface area contributed by atoms with Crippen molar-refractivity contribution in [2.75, 3.05) is 45.8 Å². The smallest absolute Gasteiger partial charge is 0.251 e. The maximum Gasteiger partial charge on any atom is 0.251 e. The van der Waals surface area contributed by atoms with Crippen LogP contribution in [0.1, 0.15) is 16.8 Å². The monoisotopic (exact) mass is 402 g/mol. The molecular weight excluding hydrogens is 376 g/mol. The molecule has 1 aliphatic rings. The number of piperazine rings is 1. The van der Waals surface area contributed by atoms with Gasteiger partial charge in [-0.05, 0) is 37.2 Å². The second-order valence-corrected chi connectivity index (χ2v) is 7.63. The summed E-state index contributed by atoms with van der Waals surface area (Å²) in [6, 6.07) is 5.91. The maximum atomic E-state index is 12.1. The van der Waals surface area contributed by atoms with Crippen molar-refractivity contribution in [1.29, 1.82) is 0 Å². The third kappa shape index (κ3) is 7.05. The van der Waals surface area contributed by atoms with E-state index in [2.05, 4.69) is 26.8 Å². The first-order valence-corrected chi connectivity index (χ1v) is 9.93. The van der Waals surface area contributed by atoms with Crippen LogP contribution in [0.15, 0.2) is 41.8 Å². The van der Waals surface area contributed by atoms with Crippen LogP contribution < -0.4 is 15.4 Å². The van der Waals surface area contributed by atoms with Crippen LogP contribution in [0, 0.1) is 0 Å². The molecule has 1 amide bonds. The predicted octanol–water partition coefficient (Wildman–Crippen LogP) is 0.598. The number of carbonyl (C=O) groups is 1. The van der Waals surface area contributed by atoms with Crippen molar-refractivity contribution in [3.63, 3.8) is 0 Å². The number of amides is 1. The van der Waals surface area contributed by atoms with E-state index < -0.39 is 10.0 Å². The molecule has 26 heavy (non-hydrogen) atoms. The molecule has 0 saturated carbocycles. The normalized spacial score (nSPS) is 15.1. The van der Waals surface area contributed by atoms with Crippen LogP contribution in [-0.2, 0) is 10.0 Å². The summed E-state index contributed by atoms with van der Waals surface area (Å²) in [4.78, 5) is 14.6. The van der Waals surface area contributed by atoms with Gasteiger partial charge in [-0.3, -0.25) is 4.79 Å². The highest BCUT2D eigenvalue weighted by Crippen LogP contribution is 2.10. The summed E-state index contributed by atoms with van der Waals surface area (Å²) in [6.45, 7) is 9.33. The highest BCUT2D eigenvalue weighted by Gasteiger charge is 2.14. The van der Waals surface area contributed by atoms with Gasteiger partial charge in [0.25, 0.3) is 5.91 Å². The summed E-state index contributed by atoms with van der Waals surface area (Å²) in [5.41, 5.74) is 0.449. The quantitative estimate of drug-likeness (QED) is 0.415. The maximum absolute atomic E-state index is 12.1. The first kappa shape index (κ1) is 22.6. The fraction of sp³-hybridized carbons (Fsp3) is 0.471. The van der Waals surface area contributed by atoms with Crippen molar-refractivity contribution in [3.8, 4) is 0 Å². The third-order valence-corrected chi connectivity index (χ3v) is 5.43. The highest BCUT2D eigenvalue weighted by atomic mass is 35.5. The summed E-state index contributed by atoms with van der Waals surface area (Å²) in [6.07, 6.45) is 2.36. The van der Waals surface area contributed by atoms with Gasteiger partial charge < -0.3 is 15.5 Å². The van der Waals surface area contributed by atoms with Crippen molar-refractivity contribution in [3.05, 3.63) is 42.5 Å². The van der Waals surface area contributed by atoms with Crippen molar-refractivity contribution in [2.45, 2.75) is 11.3 Å². The molecular formula is C17H27ClN4O3S. The van der Waals surface area contributed by atoms with Gasteiger partial charge in [-0.15, -0.1) is 19.0 Å². The van der Waals surface area contributed by atoms with Crippen molar-refractivity contribution >= 4 is 28.3 Å². The van der Waals surface area contributed by atoms with Crippen LogP contribution >= 0.6 is 12.4 Å². The summed E-state index contributed by atoms with van der Waals surface area (Å²) >= 11 is 0. The Morgan fingerprint density at radius 1 is 1.23 bits per heavy atom. The van der Waals surface area contributed by atoms with Crippen LogP contribution in [0.4, 0.5) is 0 Å². The van der Waals surface area contributed by atoms with Crippen LogP contribution in [0.25, 0.3) is 0 Å². The fourth-order valence-electron chi connectivity index (χ4n) is 2.58. The Hall–Kier alpha value is -1.45. The highest BCUT2D eigenvalue weighted by molar-refractivity contribution is 7.89. The Morgan fingerprint density at radius 3 is 2.50 bits per heavy atom. The summed E-state index contributed by atoms with van der Waals surface area (Å²) in [5, 5.41) is 6.18. The standard InChI is InChI=1S/C17H26N4O3S.ClH/c1-2-8-20-25(23,24)16-6-4-15(5-7-16)17(22)19-9-3-12-21-13-10-18-11-14-21;/h2,4-7,18,20H,1,3,8-14H2,(H,19,22);1H. The Balaban J connectivity index is 0.00000338. The number of carbonyl (C=O) groups excluding carboxylic acids is 1. The number of hydrogen-bond donors (Lipinski definition) is 3. The Bertz CT molecular complexity index is 674. The molecule has 1 saturated heterocycles. The van der Waals surface area contributed by atoms with Crippen LogP contribution in [-0.4, -0.2) is 65.0 Å². The lowest BCUT2D eigenvalue weighted by molar-refractivity contribution is 0.0951. The van der Waals surface area contributed by atoms with Gasteiger partial charge in [0.1, 0.15) is 0 Å². The number of rotatable bonds is 9. The average Bonchev–Trinajstić information content (AvgIpc) is 2.64. The molecule has 1 aromatic rings. The molecule has 9 heteroatoms. The molecule has 146 valence electrons. The third-order valence-electron chi connectivity index (χ3n) is 3.99. The lowest BCUT2D eigenvalue weighted by atomic mass is 10.2. The van der Waals surface area contributed by atoms with Crippen molar-refractivity contribution in [1.82, 2.24) is 20.3 Å². The first-order valence-electron chi connectivity index (χ1n) is 8.45. The fourth-order valence-corrected chi connectivity index (χ4v) is 3.58. The Labute approximate surface area is 161 Å². The van der Waals surface area contributed by atoms with Crippen LogP contribution in [0.2, 0.25) is 0 Å². The molecule has 3 N–H and O–H groups in total. The molecule has 0 aromatic heterocycles. The lowest BCUT2D eigenvalue weighted by Crippen LogP contribution is -2.44. The van der Waals surface area contributed by atoms with Gasteiger partial charge in [-0.1, -0.05) is 6.08 Å². The zero-order chi connectivity index (χ0) is 18.1. The van der Waals surface area contributed by atoms with Crippen molar-refractivity contribution in [2.24, 2.45) is 0 Å². The average molecular weight is 403 g/mol. The van der Waals surface area contributed by atoms with E-state index in [0.29, 0.717) is 12.1 Å². The molecule has 1 aromatic carbocycles. The van der Waals surface area contributed by atoms with E-state index in [0.717, 1.165) is 39.1 Å². The molecule has 2 rings (SSSR count). The number of halogens is 1. The van der Waals surface area contributed by atoms with Gasteiger partial charge >= 0.3 is 0 Å². The molecule has 1 fully saturated rings. The van der Waals surface area contributed by atoms with Gasteiger partial charge in [-0.25, -0.2) is 13.1 Å². The van der Waals surface area contributed by atoms with Gasteiger partial charge in [0.2, 0.25) is 10.0 Å². The van der Waals surface area contributed by atoms with Gasteiger partial charge in [0.15, 0.2) is 0 Å². The summed E-state index contributed by atoms with van der Waals surface area (Å²) < 4.78 is 26.3. The van der Waals surface area contributed by atoms with E-state index in [1.807, 2.05) is 0 Å². The minimum absolute atomic E-state index is 0. The molecule has 0 bridgehead atoms. The zero-order valence-electron chi connectivity index (χ0n) is 14.7. The number of nitrogens with one attached hydrogen (secondary N) is 3. The van der Waals surface area contributed by atoms with E-state index in [4.69, 9.17) is 0 Å². The number of sulfonamides is 1. The van der Waals surface area contributed by atoms with Crippen molar-refractivity contribution < 1.29 is 13.2 Å². The molecule has 7 nitrogen and oxygen atoms in total. The minimum Gasteiger partial charge on any atom is -0.352 e. The van der Waals surface area contributed by atoms with Gasteiger partial charge in [-0.2, -0.15) is 0 Å². The van der Waals surface area contributed by atoms with E-state index in [9.17, 15) is 13.2 Å². The van der Waals surface area contributed by atoms with E-state index in [1.54, 1.807) is 0 Å². The second-order valence-electron chi connectivity index (χ2n) is 5.87. The Morgan fingerprint density at radius 2 is 1.88 bits per heavy atom. The largest absolute Gasteiger partial charge is 0.352 e. The first-order chi connectivity index (χ1) is 12.0. The molecule has 1 heterocycles. The topological polar surface area (TPSA) is 90.5 Å². The van der Waals surface area contributed by atoms with E-state index in [-0.39, 0.29) is 29.8 Å². The van der Waals surface area contributed by atoms with Gasteiger partial charge in [0.05, 0.1) is 4.90 Å². The van der Waals surface area contributed by atoms with Crippen LogP contribution in [0.3, 0.4) is 0 Å². The van der Waals surface area contributed by atoms with E-state index >= 15 is 0 Å². The number of nitrogens with zero attached hydrogens (tertiary/aromatic N) is 1. The molecule has 0 spiro atoms. The lowest BCUT2D eigenvalue weighted by Gasteiger charge is -2.27. The molecule has 1 aliphatic heterocycles. The van der Waals surface area contributed by atoms with Gasteiger partial charge in [0, 0.05) is 44.8 Å². The number of benzene rings is 1. The zero-order valence-corrected chi connectivity index (χ0v) is 16.4. The summed E-state index contributed by atoms with van der Waals surface area (Å²) in [5.74, 6) is -0.191. The summed E-state index contributed by atoms with van der Waals surface area (Å²) in [7, 11) is -3.56. The molecule has 0 atom stereocenters. The SMILES string of the molecule is C=CCNS(=O)(=O)c1ccc(C(=O)NCCCN2CCNCC2)cc1.Cl. The predicted molar refractivity (Wildman–Crippen MR) is 105 cm³/mol. The number of hydrogen-bond acceptors (Lipinski definition) is 5. The molecule has 0 unspecified atom stereocenters. The minimum atomic E-state index is -3.56. The molecule has 0 aliphatic carbocycles. The second kappa shape index (κ2) is 11.3.